The molecule has 4 nitrogen and oxygen atoms in total. The summed E-state index contributed by atoms with van der Waals surface area (Å²) in [6, 6.07) is 13.5. The molecule has 1 fully saturated rings. The number of piperidine rings is 1. The topological polar surface area (TPSA) is 41.3 Å². The van der Waals surface area contributed by atoms with Crippen LogP contribution in [0, 0.1) is 0 Å². The van der Waals surface area contributed by atoms with Gasteiger partial charge >= 0.3 is 0 Å². The number of likely N-dealkylation sites (tertiary alicyclic amines) is 1. The van der Waals surface area contributed by atoms with E-state index in [1.807, 2.05) is 10.9 Å². The molecule has 1 aromatic carbocycles. The minimum atomic E-state index is 0.157. The maximum atomic E-state index is 9.16. The molecule has 130 valence electrons. The Bertz CT molecular complexity index is 602. The van der Waals surface area contributed by atoms with E-state index in [2.05, 4.69) is 53.3 Å². The summed E-state index contributed by atoms with van der Waals surface area (Å²) in [5.41, 5.74) is 2.73. The van der Waals surface area contributed by atoms with E-state index in [4.69, 9.17) is 5.11 Å². The predicted molar refractivity (Wildman–Crippen MR) is 97.1 cm³/mol. The highest BCUT2D eigenvalue weighted by molar-refractivity contribution is 5.15. The average Bonchev–Trinajstić information content (AvgIpc) is 3.09. The van der Waals surface area contributed by atoms with Gasteiger partial charge in [0.2, 0.25) is 0 Å². The van der Waals surface area contributed by atoms with Gasteiger partial charge < -0.3 is 10.0 Å². The molecule has 0 aliphatic carbocycles. The van der Waals surface area contributed by atoms with Gasteiger partial charge in [-0.25, -0.2) is 0 Å². The number of hydrogen-bond donors (Lipinski definition) is 1. The predicted octanol–water partition coefficient (Wildman–Crippen LogP) is 3.08. The molecule has 0 bridgehead atoms. The Balaban J connectivity index is 1.48. The van der Waals surface area contributed by atoms with E-state index in [0.717, 1.165) is 19.5 Å². The Morgan fingerprint density at radius 2 is 1.92 bits per heavy atom. The molecule has 2 heterocycles. The number of aliphatic hydroxyl groups is 1. The molecule has 1 saturated heterocycles. The molecule has 1 aromatic heterocycles. The summed E-state index contributed by atoms with van der Waals surface area (Å²) in [7, 11) is 0. The van der Waals surface area contributed by atoms with Crippen LogP contribution in [0.25, 0.3) is 0 Å². The van der Waals surface area contributed by atoms with Gasteiger partial charge in [-0.3, -0.25) is 4.68 Å². The smallest absolute Gasteiger partial charge is 0.0644 e. The Morgan fingerprint density at radius 3 is 2.62 bits per heavy atom. The summed E-state index contributed by atoms with van der Waals surface area (Å²) in [5, 5.41) is 13.5. The van der Waals surface area contributed by atoms with Crippen LogP contribution in [-0.4, -0.2) is 45.5 Å². The monoisotopic (exact) mass is 327 g/mol. The van der Waals surface area contributed by atoms with Gasteiger partial charge in [-0.1, -0.05) is 30.3 Å². The molecule has 0 spiro atoms. The van der Waals surface area contributed by atoms with Gasteiger partial charge in [0.05, 0.1) is 13.2 Å². The van der Waals surface area contributed by atoms with Gasteiger partial charge in [0.15, 0.2) is 0 Å². The summed E-state index contributed by atoms with van der Waals surface area (Å²) in [6.45, 7) is 5.44. The van der Waals surface area contributed by atoms with Gasteiger partial charge in [-0.2, -0.15) is 5.10 Å². The van der Waals surface area contributed by atoms with E-state index in [-0.39, 0.29) is 6.61 Å². The van der Waals surface area contributed by atoms with Crippen LogP contribution in [0.15, 0.2) is 42.6 Å². The Morgan fingerprint density at radius 1 is 1.17 bits per heavy atom. The van der Waals surface area contributed by atoms with Crippen molar-refractivity contribution >= 4 is 0 Å². The van der Waals surface area contributed by atoms with Gasteiger partial charge in [-0.15, -0.1) is 0 Å². The number of rotatable bonds is 7. The maximum Gasteiger partial charge on any atom is 0.0644 e. The molecule has 0 saturated carbocycles. The van der Waals surface area contributed by atoms with Crippen molar-refractivity contribution in [3.63, 3.8) is 0 Å². The maximum absolute atomic E-state index is 9.16. The highest BCUT2D eigenvalue weighted by Gasteiger charge is 2.25. The lowest BCUT2D eigenvalue weighted by Gasteiger charge is -2.36. The van der Waals surface area contributed by atoms with Crippen molar-refractivity contribution in [2.24, 2.45) is 0 Å². The number of aryl methyl sites for hydroxylation is 1. The third kappa shape index (κ3) is 4.25. The Labute approximate surface area is 145 Å². The second-order valence-corrected chi connectivity index (χ2v) is 6.89. The third-order valence-corrected chi connectivity index (χ3v) is 5.33. The van der Waals surface area contributed by atoms with Crippen LogP contribution in [0.2, 0.25) is 0 Å². The standard InChI is InChI=1S/C20H29N3O/c1-17(7-8-18-5-3-2-4-6-18)22-13-10-19(11-14-22)20-9-12-21-23(20)15-16-24/h2-6,9,12,17,19,24H,7-8,10-11,13-16H2,1H3. The lowest BCUT2D eigenvalue weighted by Crippen LogP contribution is -2.40. The zero-order chi connectivity index (χ0) is 16.8. The van der Waals surface area contributed by atoms with E-state index >= 15 is 0 Å². The molecule has 2 aromatic rings. The van der Waals surface area contributed by atoms with Gasteiger partial charge in [0, 0.05) is 23.9 Å². The van der Waals surface area contributed by atoms with E-state index in [9.17, 15) is 0 Å². The van der Waals surface area contributed by atoms with Crippen molar-refractivity contribution in [1.29, 1.82) is 0 Å². The Hall–Kier alpha value is -1.65. The summed E-state index contributed by atoms with van der Waals surface area (Å²) >= 11 is 0. The minimum Gasteiger partial charge on any atom is -0.394 e. The second-order valence-electron chi connectivity index (χ2n) is 6.89. The normalized spacial score (nSPS) is 17.9. The van der Waals surface area contributed by atoms with Crippen molar-refractivity contribution in [2.75, 3.05) is 19.7 Å². The zero-order valence-electron chi connectivity index (χ0n) is 14.6. The van der Waals surface area contributed by atoms with E-state index < -0.39 is 0 Å². The van der Waals surface area contributed by atoms with E-state index in [0.29, 0.717) is 18.5 Å². The first-order chi connectivity index (χ1) is 11.8. The highest BCUT2D eigenvalue weighted by atomic mass is 16.3. The van der Waals surface area contributed by atoms with Crippen LogP contribution in [0.3, 0.4) is 0 Å². The first kappa shape index (κ1) is 17.2. The van der Waals surface area contributed by atoms with Crippen molar-refractivity contribution in [2.45, 2.75) is 51.1 Å². The van der Waals surface area contributed by atoms with Crippen LogP contribution in [0.5, 0.6) is 0 Å². The van der Waals surface area contributed by atoms with E-state index in [1.165, 1.54) is 30.5 Å². The summed E-state index contributed by atoms with van der Waals surface area (Å²) in [5.74, 6) is 0.580. The fourth-order valence-corrected chi connectivity index (χ4v) is 3.81. The molecule has 4 heteroatoms. The summed E-state index contributed by atoms with van der Waals surface area (Å²) in [4.78, 5) is 2.63. The quantitative estimate of drug-likeness (QED) is 0.850. The van der Waals surface area contributed by atoms with Crippen molar-refractivity contribution in [3.8, 4) is 0 Å². The SMILES string of the molecule is CC(CCc1ccccc1)N1CCC(c2ccnn2CCO)CC1. The first-order valence-corrected chi connectivity index (χ1v) is 9.18. The van der Waals surface area contributed by atoms with Crippen LogP contribution in [0.4, 0.5) is 0 Å². The molecule has 0 amide bonds. The number of hydrogen-bond acceptors (Lipinski definition) is 3. The molecular formula is C20H29N3O. The van der Waals surface area contributed by atoms with Gasteiger partial charge in [-0.05, 0) is 57.3 Å². The van der Waals surface area contributed by atoms with Crippen molar-refractivity contribution < 1.29 is 5.11 Å². The number of benzene rings is 1. The first-order valence-electron chi connectivity index (χ1n) is 9.18. The zero-order valence-corrected chi connectivity index (χ0v) is 14.6. The third-order valence-electron chi connectivity index (χ3n) is 5.33. The number of aromatic nitrogens is 2. The number of nitrogens with zero attached hydrogens (tertiary/aromatic N) is 3. The summed E-state index contributed by atoms with van der Waals surface area (Å²) in [6.07, 6.45) is 6.61. The highest BCUT2D eigenvalue weighted by Crippen LogP contribution is 2.29. The van der Waals surface area contributed by atoms with Gasteiger partial charge in [0.25, 0.3) is 0 Å². The molecule has 1 unspecified atom stereocenters. The fourth-order valence-electron chi connectivity index (χ4n) is 3.81. The summed E-state index contributed by atoms with van der Waals surface area (Å²) < 4.78 is 1.97. The molecule has 1 aliphatic rings. The van der Waals surface area contributed by atoms with Crippen LogP contribution >= 0.6 is 0 Å². The Kier molecular flexibility index (Phi) is 6.05. The van der Waals surface area contributed by atoms with Crippen LogP contribution in [-0.2, 0) is 13.0 Å². The largest absolute Gasteiger partial charge is 0.394 e. The van der Waals surface area contributed by atoms with Crippen molar-refractivity contribution in [1.82, 2.24) is 14.7 Å². The van der Waals surface area contributed by atoms with Crippen LogP contribution < -0.4 is 0 Å². The molecule has 1 atom stereocenters. The van der Waals surface area contributed by atoms with Crippen molar-refractivity contribution in [3.05, 3.63) is 53.9 Å². The molecule has 3 rings (SSSR count). The molecule has 24 heavy (non-hydrogen) atoms. The molecule has 0 radical (unpaired) electrons. The van der Waals surface area contributed by atoms with Crippen LogP contribution in [0.1, 0.15) is 43.4 Å². The lowest BCUT2D eigenvalue weighted by atomic mass is 9.92. The molecular weight excluding hydrogens is 298 g/mol. The molecule has 1 N–H and O–H groups in total. The van der Waals surface area contributed by atoms with Gasteiger partial charge in [0.1, 0.15) is 0 Å². The lowest BCUT2D eigenvalue weighted by molar-refractivity contribution is 0.152. The fraction of sp³-hybridized carbons (Fsp3) is 0.550. The second kappa shape index (κ2) is 8.45. The number of aliphatic hydroxyl groups excluding tert-OH is 1. The minimum absolute atomic E-state index is 0.157. The molecule has 1 aliphatic heterocycles. The van der Waals surface area contributed by atoms with E-state index in [1.54, 1.807) is 0 Å². The average molecular weight is 327 g/mol.